The molecule has 2 amide bonds. The summed E-state index contributed by atoms with van der Waals surface area (Å²) < 4.78 is 1.49. The second kappa shape index (κ2) is 9.48. The number of nitrogens with zero attached hydrogens (tertiary/aromatic N) is 4. The van der Waals surface area contributed by atoms with Gasteiger partial charge in [-0.1, -0.05) is 19.1 Å². The van der Waals surface area contributed by atoms with E-state index in [4.69, 9.17) is 11.5 Å². The lowest BCUT2D eigenvalue weighted by Crippen LogP contribution is -2.45. The van der Waals surface area contributed by atoms with Crippen LogP contribution in [0.3, 0.4) is 0 Å². The van der Waals surface area contributed by atoms with Gasteiger partial charge in [0.2, 0.25) is 0 Å². The maximum Gasteiger partial charge on any atom is 0.354 e. The van der Waals surface area contributed by atoms with Crippen LogP contribution in [0, 0.1) is 23.7 Å². The van der Waals surface area contributed by atoms with Gasteiger partial charge in [-0.3, -0.25) is 14.8 Å². The van der Waals surface area contributed by atoms with Gasteiger partial charge in [-0.05, 0) is 66.8 Å². The first-order chi connectivity index (χ1) is 16.4. The van der Waals surface area contributed by atoms with Crippen molar-refractivity contribution in [2.24, 2.45) is 35.1 Å². The van der Waals surface area contributed by atoms with Gasteiger partial charge in [0, 0.05) is 45.0 Å². The van der Waals surface area contributed by atoms with Crippen molar-refractivity contribution in [1.29, 1.82) is 0 Å². The third-order valence-corrected chi connectivity index (χ3v) is 7.92. The zero-order chi connectivity index (χ0) is 23.8. The number of nitrogens with one attached hydrogen (secondary N) is 1. The Hall–Kier alpha value is -2.75. The fourth-order valence-electron chi connectivity index (χ4n) is 5.52. The number of amides is 2. The number of carbonyl (C=O) groups excluding carboxylic acids is 1. The predicted octanol–water partition coefficient (Wildman–Crippen LogP) is 1.46. The molecule has 5 rings (SSSR count). The van der Waals surface area contributed by atoms with E-state index in [0.717, 1.165) is 38.2 Å². The minimum atomic E-state index is -0.424. The second-order valence-corrected chi connectivity index (χ2v) is 10.2. The molecule has 3 fully saturated rings. The van der Waals surface area contributed by atoms with E-state index in [9.17, 15) is 9.59 Å². The molecule has 2 aromatic rings. The van der Waals surface area contributed by atoms with Gasteiger partial charge in [0.05, 0.1) is 5.69 Å². The molecule has 5 atom stereocenters. The van der Waals surface area contributed by atoms with Gasteiger partial charge in [0.25, 0.3) is 0 Å². The molecular formula is C25H35N7O2. The fourth-order valence-corrected chi connectivity index (χ4v) is 5.52. The van der Waals surface area contributed by atoms with E-state index in [1.807, 2.05) is 12.1 Å². The van der Waals surface area contributed by atoms with E-state index in [2.05, 4.69) is 34.3 Å². The molecule has 4 unspecified atom stereocenters. The lowest BCUT2D eigenvalue weighted by Gasteiger charge is -2.35. The summed E-state index contributed by atoms with van der Waals surface area (Å²) in [6.45, 7) is 7.19. The molecule has 3 heterocycles. The summed E-state index contributed by atoms with van der Waals surface area (Å²) in [5, 5.41) is 2.79. The summed E-state index contributed by atoms with van der Waals surface area (Å²) in [6, 6.07) is 9.83. The number of hydrogen-bond acceptors (Lipinski definition) is 6. The third-order valence-electron chi connectivity index (χ3n) is 7.92. The van der Waals surface area contributed by atoms with Crippen LogP contribution in [0.5, 0.6) is 0 Å². The lowest BCUT2D eigenvalue weighted by molar-refractivity contribution is 0.156. The van der Waals surface area contributed by atoms with Gasteiger partial charge in [0.1, 0.15) is 5.82 Å². The number of fused-ring (bicyclic) bond motifs is 1. The Labute approximate surface area is 200 Å². The molecule has 2 saturated heterocycles. The Balaban J connectivity index is 1.19. The van der Waals surface area contributed by atoms with Gasteiger partial charge in [-0.25, -0.2) is 9.59 Å². The highest BCUT2D eigenvalue weighted by atomic mass is 16.2. The second-order valence-electron chi connectivity index (χ2n) is 10.2. The van der Waals surface area contributed by atoms with Crippen LogP contribution in [0.25, 0.3) is 5.69 Å². The molecule has 3 aliphatic rings. The Bertz CT molecular complexity index is 1070. The number of piperidine rings is 2. The van der Waals surface area contributed by atoms with Crippen LogP contribution in [0.2, 0.25) is 0 Å². The largest absolute Gasteiger partial charge is 0.354 e. The van der Waals surface area contributed by atoms with Gasteiger partial charge in [-0.15, -0.1) is 0 Å². The average molecular weight is 466 g/mol. The highest BCUT2D eigenvalue weighted by Crippen LogP contribution is 2.44. The molecular weight excluding hydrogens is 430 g/mol. The Morgan fingerprint density at radius 1 is 1.18 bits per heavy atom. The van der Waals surface area contributed by atoms with Gasteiger partial charge < -0.3 is 16.4 Å². The summed E-state index contributed by atoms with van der Waals surface area (Å²) in [5.74, 6) is 2.40. The molecule has 9 nitrogen and oxygen atoms in total. The number of nitrogens with two attached hydrogens (primary N) is 2. The van der Waals surface area contributed by atoms with E-state index < -0.39 is 5.69 Å². The molecule has 34 heavy (non-hydrogen) atoms. The summed E-state index contributed by atoms with van der Waals surface area (Å²) in [7, 11) is 0. The normalized spacial score (nSPS) is 27.3. The van der Waals surface area contributed by atoms with Crippen LogP contribution in [0.4, 0.5) is 10.6 Å². The quantitative estimate of drug-likeness (QED) is 0.594. The van der Waals surface area contributed by atoms with Crippen molar-refractivity contribution in [3.8, 4) is 5.69 Å². The number of likely N-dealkylation sites (tertiary alicyclic amines) is 2. The molecule has 5 N–H and O–H groups in total. The maximum atomic E-state index is 12.7. The molecule has 1 aromatic carbocycles. The maximum absolute atomic E-state index is 12.7. The smallest absolute Gasteiger partial charge is 0.330 e. The van der Waals surface area contributed by atoms with Crippen molar-refractivity contribution in [3.63, 3.8) is 0 Å². The number of aromatic nitrogens is 2. The van der Waals surface area contributed by atoms with E-state index in [0.29, 0.717) is 49.3 Å². The minimum absolute atomic E-state index is 0.219. The Kier molecular flexibility index (Phi) is 6.42. The first-order valence-corrected chi connectivity index (χ1v) is 12.4. The summed E-state index contributed by atoms with van der Waals surface area (Å²) in [6.07, 6.45) is 3.70. The van der Waals surface area contributed by atoms with Crippen molar-refractivity contribution in [2.45, 2.75) is 32.4 Å². The van der Waals surface area contributed by atoms with Crippen molar-refractivity contribution >= 4 is 11.8 Å². The predicted molar refractivity (Wildman–Crippen MR) is 132 cm³/mol. The number of hydrogen-bond donors (Lipinski definition) is 3. The summed E-state index contributed by atoms with van der Waals surface area (Å²) in [5.41, 5.74) is 13.4. The van der Waals surface area contributed by atoms with Gasteiger partial charge in [-0.2, -0.15) is 4.98 Å². The number of carbonyl (C=O) groups is 1. The van der Waals surface area contributed by atoms with Crippen LogP contribution in [0.1, 0.15) is 25.3 Å². The number of benzene rings is 1. The zero-order valence-electron chi connectivity index (χ0n) is 19.8. The van der Waals surface area contributed by atoms with Crippen molar-refractivity contribution in [2.75, 3.05) is 38.0 Å². The molecule has 0 radical (unpaired) electrons. The fraction of sp³-hybridized carbons (Fsp3) is 0.560. The number of urea groups is 1. The Morgan fingerprint density at radius 2 is 1.91 bits per heavy atom. The standard InChI is InChI=1S/C25H35N7O2/c1-16(11-26)18-3-2-9-31(13-18)24(33)28-22-8-10-32(25(34)29-22)19-6-4-17(5-7-19)12-30-14-20-21(15-30)23(20)27/h4-8,10,16,18,20-21,23H,2-3,9,11-15,26-27H2,1H3,(H,28,29,33,34)/t16?,18?,20-,21?,23?/m0/s1. The minimum Gasteiger partial charge on any atom is -0.330 e. The van der Waals surface area contributed by atoms with E-state index in [-0.39, 0.29) is 11.8 Å². The topological polar surface area (TPSA) is 123 Å². The van der Waals surface area contributed by atoms with Crippen LogP contribution in [-0.2, 0) is 6.54 Å². The first-order valence-electron chi connectivity index (χ1n) is 12.4. The third kappa shape index (κ3) is 4.73. The number of rotatable bonds is 6. The monoisotopic (exact) mass is 465 g/mol. The molecule has 1 aromatic heterocycles. The molecule has 1 aliphatic carbocycles. The van der Waals surface area contributed by atoms with E-state index >= 15 is 0 Å². The average Bonchev–Trinajstić information content (AvgIpc) is 3.24. The first kappa shape index (κ1) is 23.0. The lowest BCUT2D eigenvalue weighted by atomic mass is 9.87. The van der Waals surface area contributed by atoms with Crippen molar-refractivity contribution < 1.29 is 4.79 Å². The van der Waals surface area contributed by atoms with Crippen molar-refractivity contribution in [1.82, 2.24) is 19.4 Å². The zero-order valence-corrected chi connectivity index (χ0v) is 19.8. The Morgan fingerprint density at radius 3 is 2.59 bits per heavy atom. The molecule has 182 valence electrons. The van der Waals surface area contributed by atoms with Gasteiger partial charge >= 0.3 is 11.7 Å². The summed E-state index contributed by atoms with van der Waals surface area (Å²) in [4.78, 5) is 33.7. The van der Waals surface area contributed by atoms with Gasteiger partial charge in [0.15, 0.2) is 0 Å². The van der Waals surface area contributed by atoms with Crippen LogP contribution in [0.15, 0.2) is 41.3 Å². The highest BCUT2D eigenvalue weighted by Gasteiger charge is 2.53. The van der Waals surface area contributed by atoms with Crippen LogP contribution < -0.4 is 22.5 Å². The molecule has 0 bridgehead atoms. The molecule has 0 spiro atoms. The van der Waals surface area contributed by atoms with Crippen LogP contribution >= 0.6 is 0 Å². The van der Waals surface area contributed by atoms with E-state index in [1.165, 1.54) is 10.1 Å². The number of anilines is 1. The van der Waals surface area contributed by atoms with Crippen molar-refractivity contribution in [3.05, 3.63) is 52.6 Å². The molecule has 2 aliphatic heterocycles. The highest BCUT2D eigenvalue weighted by molar-refractivity contribution is 5.88. The van der Waals surface area contributed by atoms with Crippen LogP contribution in [-0.4, -0.2) is 64.1 Å². The molecule has 1 saturated carbocycles. The SMILES string of the molecule is CC(CN)C1CCCN(C(=O)Nc2ccn(-c3ccc(CN4CC5C(N)[C@H]5C4)cc3)c(=O)n2)C1. The summed E-state index contributed by atoms with van der Waals surface area (Å²) >= 11 is 0. The van der Waals surface area contributed by atoms with E-state index in [1.54, 1.807) is 17.2 Å². The molecule has 9 heteroatoms.